The van der Waals surface area contributed by atoms with Gasteiger partial charge in [-0.15, -0.1) is 0 Å². The third kappa shape index (κ3) is 6.76. The lowest BCUT2D eigenvalue weighted by molar-refractivity contribution is -0.145. The summed E-state index contributed by atoms with van der Waals surface area (Å²) in [5, 5.41) is 2.51. The number of hydrogen-bond acceptors (Lipinski definition) is 5. The number of carbonyl (C=O) groups excluding carboxylic acids is 2. The molecule has 0 bridgehead atoms. The molecule has 1 unspecified atom stereocenters. The third-order valence-corrected chi connectivity index (χ3v) is 5.36. The number of methoxy groups -OCH3 is 1. The standard InChI is InChI=1S/C18H28N2O5S/c1-5-6-7-16(18(22)25-4)20-17(21)12-19-26(23,24)15-10-8-14(9-11-15)13(2)3/h8-11,13,16,19H,5-7,12H2,1-4H3,(H,20,21). The first-order valence-electron chi connectivity index (χ1n) is 8.68. The molecular formula is C18H28N2O5S. The van der Waals surface area contributed by atoms with Gasteiger partial charge < -0.3 is 10.1 Å². The van der Waals surface area contributed by atoms with E-state index in [1.54, 1.807) is 12.1 Å². The van der Waals surface area contributed by atoms with Gasteiger partial charge >= 0.3 is 5.97 Å². The zero-order chi connectivity index (χ0) is 19.7. The molecule has 2 N–H and O–H groups in total. The van der Waals surface area contributed by atoms with Gasteiger partial charge in [0.15, 0.2) is 0 Å². The minimum absolute atomic E-state index is 0.0881. The Morgan fingerprint density at radius 2 is 1.77 bits per heavy atom. The highest BCUT2D eigenvalue weighted by molar-refractivity contribution is 7.89. The molecule has 0 fully saturated rings. The van der Waals surface area contributed by atoms with Crippen molar-refractivity contribution in [1.29, 1.82) is 0 Å². The Labute approximate surface area is 155 Å². The van der Waals surface area contributed by atoms with Crippen molar-refractivity contribution in [1.82, 2.24) is 10.0 Å². The van der Waals surface area contributed by atoms with Crippen molar-refractivity contribution < 1.29 is 22.7 Å². The van der Waals surface area contributed by atoms with Crippen molar-refractivity contribution in [2.45, 2.75) is 56.9 Å². The minimum atomic E-state index is -3.80. The molecule has 0 aromatic heterocycles. The van der Waals surface area contributed by atoms with Crippen LogP contribution < -0.4 is 10.0 Å². The Bertz CT molecular complexity index is 699. The van der Waals surface area contributed by atoms with Crippen LogP contribution in [0.1, 0.15) is 51.5 Å². The first-order valence-corrected chi connectivity index (χ1v) is 10.2. The average molecular weight is 384 g/mol. The summed E-state index contributed by atoms with van der Waals surface area (Å²) in [5.41, 5.74) is 1.03. The quantitative estimate of drug-likeness (QED) is 0.600. The summed E-state index contributed by atoms with van der Waals surface area (Å²) in [5.74, 6) is -0.832. The van der Waals surface area contributed by atoms with Crippen LogP contribution in [0.15, 0.2) is 29.2 Å². The first kappa shape index (κ1) is 22.1. The third-order valence-electron chi connectivity index (χ3n) is 3.95. The van der Waals surface area contributed by atoms with Crippen molar-refractivity contribution >= 4 is 21.9 Å². The Morgan fingerprint density at radius 3 is 2.27 bits per heavy atom. The normalized spacial score (nSPS) is 12.7. The van der Waals surface area contributed by atoms with Crippen LogP contribution in [0.2, 0.25) is 0 Å². The average Bonchev–Trinajstić information content (AvgIpc) is 2.62. The summed E-state index contributed by atoms with van der Waals surface area (Å²) in [6, 6.07) is 5.74. The second kappa shape index (κ2) is 10.3. The number of carbonyl (C=O) groups is 2. The van der Waals surface area contributed by atoms with Gasteiger partial charge in [-0.25, -0.2) is 17.9 Å². The number of unbranched alkanes of at least 4 members (excludes halogenated alkanes) is 1. The molecule has 1 rings (SSSR count). The van der Waals surface area contributed by atoms with Crippen LogP contribution in [0.5, 0.6) is 0 Å². The van der Waals surface area contributed by atoms with Crippen LogP contribution in [0.25, 0.3) is 0 Å². The maximum atomic E-state index is 12.3. The Kier molecular flexibility index (Phi) is 8.74. The van der Waals surface area contributed by atoms with Gasteiger partial charge in [0.25, 0.3) is 0 Å². The molecule has 0 aliphatic heterocycles. The van der Waals surface area contributed by atoms with Gasteiger partial charge in [-0.1, -0.05) is 45.7 Å². The van der Waals surface area contributed by atoms with Gasteiger partial charge in [0, 0.05) is 0 Å². The molecule has 1 aromatic carbocycles. The molecule has 7 nitrogen and oxygen atoms in total. The van der Waals surface area contributed by atoms with E-state index in [4.69, 9.17) is 0 Å². The second-order valence-electron chi connectivity index (χ2n) is 6.33. The largest absolute Gasteiger partial charge is 0.467 e. The number of ether oxygens (including phenoxy) is 1. The van der Waals surface area contributed by atoms with Gasteiger partial charge in [0.2, 0.25) is 15.9 Å². The van der Waals surface area contributed by atoms with Crippen LogP contribution in [0.3, 0.4) is 0 Å². The monoisotopic (exact) mass is 384 g/mol. The van der Waals surface area contributed by atoms with E-state index in [1.807, 2.05) is 20.8 Å². The summed E-state index contributed by atoms with van der Waals surface area (Å²) in [6.07, 6.45) is 2.05. The number of amides is 1. The minimum Gasteiger partial charge on any atom is -0.467 e. The van der Waals surface area contributed by atoms with Crippen molar-refractivity contribution in [2.24, 2.45) is 0 Å². The topological polar surface area (TPSA) is 102 Å². The summed E-state index contributed by atoms with van der Waals surface area (Å²) >= 11 is 0. The highest BCUT2D eigenvalue weighted by atomic mass is 32.2. The molecular weight excluding hydrogens is 356 g/mol. The van der Waals surface area contributed by atoms with Crippen LogP contribution in [-0.2, 0) is 24.3 Å². The molecule has 146 valence electrons. The molecule has 0 aliphatic carbocycles. The molecule has 1 amide bonds. The molecule has 0 saturated carbocycles. The summed E-state index contributed by atoms with van der Waals surface area (Å²) < 4.78 is 31.5. The van der Waals surface area contributed by atoms with E-state index in [2.05, 4.69) is 14.8 Å². The van der Waals surface area contributed by atoms with Crippen molar-refractivity contribution in [3.63, 3.8) is 0 Å². The fourth-order valence-corrected chi connectivity index (χ4v) is 3.30. The highest BCUT2D eigenvalue weighted by Gasteiger charge is 2.22. The molecule has 1 aromatic rings. The summed E-state index contributed by atoms with van der Waals surface area (Å²) in [4.78, 5) is 23.8. The fourth-order valence-electron chi connectivity index (χ4n) is 2.32. The predicted octanol–water partition coefficient (Wildman–Crippen LogP) is 1.94. The number of esters is 1. The SMILES string of the molecule is CCCCC(NC(=O)CNS(=O)(=O)c1ccc(C(C)C)cc1)C(=O)OC. The van der Waals surface area contributed by atoms with Crippen LogP contribution >= 0.6 is 0 Å². The number of hydrogen-bond donors (Lipinski definition) is 2. The van der Waals surface area contributed by atoms with E-state index < -0.39 is 34.5 Å². The zero-order valence-electron chi connectivity index (χ0n) is 15.7. The molecule has 8 heteroatoms. The van der Waals surface area contributed by atoms with Gasteiger partial charge in [0.05, 0.1) is 18.6 Å². The molecule has 0 saturated heterocycles. The zero-order valence-corrected chi connectivity index (χ0v) is 16.6. The van der Waals surface area contributed by atoms with E-state index in [0.717, 1.165) is 18.4 Å². The lowest BCUT2D eigenvalue weighted by Gasteiger charge is -2.16. The maximum Gasteiger partial charge on any atom is 0.328 e. The second-order valence-corrected chi connectivity index (χ2v) is 8.10. The predicted molar refractivity (Wildman–Crippen MR) is 99.2 cm³/mol. The van der Waals surface area contributed by atoms with Crippen molar-refractivity contribution in [3.8, 4) is 0 Å². The Morgan fingerprint density at radius 1 is 1.15 bits per heavy atom. The van der Waals surface area contributed by atoms with E-state index in [0.29, 0.717) is 12.3 Å². The Hall–Kier alpha value is -1.93. The Balaban J connectivity index is 2.67. The van der Waals surface area contributed by atoms with E-state index in [-0.39, 0.29) is 4.90 Å². The van der Waals surface area contributed by atoms with Crippen molar-refractivity contribution in [3.05, 3.63) is 29.8 Å². The molecule has 0 spiro atoms. The smallest absolute Gasteiger partial charge is 0.328 e. The number of rotatable bonds is 10. The van der Waals surface area contributed by atoms with Gasteiger partial charge in [-0.05, 0) is 30.0 Å². The highest BCUT2D eigenvalue weighted by Crippen LogP contribution is 2.17. The van der Waals surface area contributed by atoms with Crippen LogP contribution in [-0.4, -0.2) is 40.0 Å². The van der Waals surface area contributed by atoms with E-state index in [1.165, 1.54) is 19.2 Å². The van der Waals surface area contributed by atoms with Crippen molar-refractivity contribution in [2.75, 3.05) is 13.7 Å². The fraction of sp³-hybridized carbons (Fsp3) is 0.556. The molecule has 1 atom stereocenters. The van der Waals surface area contributed by atoms with Crippen LogP contribution in [0.4, 0.5) is 0 Å². The number of benzene rings is 1. The maximum absolute atomic E-state index is 12.3. The summed E-state index contributed by atoms with van der Waals surface area (Å²) in [6.45, 7) is 5.55. The van der Waals surface area contributed by atoms with Crippen LogP contribution in [0, 0.1) is 0 Å². The molecule has 0 radical (unpaired) electrons. The van der Waals surface area contributed by atoms with Gasteiger partial charge in [-0.2, -0.15) is 0 Å². The van der Waals surface area contributed by atoms with E-state index in [9.17, 15) is 18.0 Å². The molecule has 0 heterocycles. The molecule has 0 aliphatic rings. The number of nitrogens with one attached hydrogen (secondary N) is 2. The lowest BCUT2D eigenvalue weighted by Crippen LogP contribution is -2.45. The summed E-state index contributed by atoms with van der Waals surface area (Å²) in [7, 11) is -2.56. The van der Waals surface area contributed by atoms with Gasteiger partial charge in [-0.3, -0.25) is 4.79 Å². The van der Waals surface area contributed by atoms with Gasteiger partial charge in [0.1, 0.15) is 6.04 Å². The van der Waals surface area contributed by atoms with E-state index >= 15 is 0 Å². The first-order chi connectivity index (χ1) is 12.2. The number of sulfonamides is 1. The lowest BCUT2D eigenvalue weighted by atomic mass is 10.0. The molecule has 26 heavy (non-hydrogen) atoms.